The van der Waals surface area contributed by atoms with Gasteiger partial charge in [0.05, 0.1) is 30.0 Å². The molecule has 3 aromatic rings. The summed E-state index contributed by atoms with van der Waals surface area (Å²) in [5.74, 6) is -3.52. The van der Waals surface area contributed by atoms with Crippen LogP contribution in [0.2, 0.25) is 0 Å². The molecule has 2 aliphatic rings. The maximum Gasteiger partial charge on any atom is 0.423 e. The van der Waals surface area contributed by atoms with Crippen molar-refractivity contribution in [2.24, 2.45) is 0 Å². The number of piperidine rings is 1. The molecule has 0 radical (unpaired) electrons. The number of methoxy groups -OCH3 is 1. The normalized spacial score (nSPS) is 18.9. The number of amides is 1. The van der Waals surface area contributed by atoms with Crippen LogP contribution in [0.25, 0.3) is 0 Å². The van der Waals surface area contributed by atoms with E-state index in [1.54, 1.807) is 24.1 Å². The topological polar surface area (TPSA) is 106 Å². The first-order chi connectivity index (χ1) is 19.9. The summed E-state index contributed by atoms with van der Waals surface area (Å²) < 4.78 is 81.6. The Hall–Kier alpha value is -4.33. The highest BCUT2D eigenvalue weighted by molar-refractivity contribution is 6.03. The zero-order valence-electron chi connectivity index (χ0n) is 22.5. The van der Waals surface area contributed by atoms with Crippen molar-refractivity contribution in [3.05, 3.63) is 64.6 Å². The van der Waals surface area contributed by atoms with E-state index in [2.05, 4.69) is 20.6 Å². The predicted molar refractivity (Wildman–Crippen MR) is 141 cm³/mol. The molecule has 1 aliphatic carbocycles. The summed E-state index contributed by atoms with van der Waals surface area (Å²) in [6.45, 7) is 0.684. The van der Waals surface area contributed by atoms with Crippen LogP contribution in [-0.4, -0.2) is 66.0 Å². The second-order valence-electron chi connectivity index (χ2n) is 10.0. The van der Waals surface area contributed by atoms with Gasteiger partial charge in [-0.2, -0.15) is 18.2 Å². The molecule has 0 spiro atoms. The van der Waals surface area contributed by atoms with Gasteiger partial charge in [0.25, 0.3) is 5.91 Å². The first kappa shape index (κ1) is 29.2. The molecule has 2 atom stereocenters. The van der Waals surface area contributed by atoms with Crippen molar-refractivity contribution in [1.29, 1.82) is 0 Å². The van der Waals surface area contributed by atoms with Crippen molar-refractivity contribution in [3.63, 3.8) is 0 Å². The predicted octanol–water partition coefficient (Wildman–Crippen LogP) is 5.08. The number of likely N-dealkylation sites (tertiary alicyclic amines) is 1. The Morgan fingerprint density at radius 3 is 2.67 bits per heavy atom. The number of halogens is 5. The molecule has 2 heterocycles. The summed E-state index contributed by atoms with van der Waals surface area (Å²) in [7, 11) is 2.99. The van der Waals surface area contributed by atoms with Crippen LogP contribution in [-0.2, 0) is 12.6 Å². The number of ether oxygens (including phenoxy) is 2. The van der Waals surface area contributed by atoms with Crippen LogP contribution < -0.4 is 20.1 Å². The van der Waals surface area contributed by atoms with Crippen LogP contribution in [0.4, 0.5) is 33.6 Å². The highest BCUT2D eigenvalue weighted by Gasteiger charge is 2.37. The number of rotatable bonds is 7. The number of carbonyl (C=O) groups is 2. The first-order valence-electron chi connectivity index (χ1n) is 13.0. The lowest BCUT2D eigenvalue weighted by Gasteiger charge is -2.32. The van der Waals surface area contributed by atoms with Gasteiger partial charge in [0.1, 0.15) is 29.1 Å². The molecule has 2 aromatic carbocycles. The molecular formula is C28H26F5N5O4. The number of aromatic nitrogens is 2. The van der Waals surface area contributed by atoms with Crippen LogP contribution in [0.5, 0.6) is 17.4 Å². The van der Waals surface area contributed by atoms with Crippen LogP contribution in [0.3, 0.4) is 0 Å². The highest BCUT2D eigenvalue weighted by atomic mass is 19.4. The molecule has 42 heavy (non-hydrogen) atoms. The van der Waals surface area contributed by atoms with Gasteiger partial charge in [-0.15, -0.1) is 0 Å². The number of alkyl halides is 4. The minimum Gasteiger partial charge on any atom is -0.495 e. The Balaban J connectivity index is 1.42. The van der Waals surface area contributed by atoms with Crippen molar-refractivity contribution in [1.82, 2.24) is 20.2 Å². The number of carbonyl (C=O) groups excluding carboxylic acids is 2. The molecular weight excluding hydrogens is 565 g/mol. The van der Waals surface area contributed by atoms with Gasteiger partial charge in [0.2, 0.25) is 11.8 Å². The molecule has 14 heteroatoms. The molecule has 9 nitrogen and oxygen atoms in total. The lowest BCUT2D eigenvalue weighted by molar-refractivity contribution is -0.139. The molecule has 1 aromatic heterocycles. The number of nitrogens with zero attached hydrogens (tertiary/aromatic N) is 3. The van der Waals surface area contributed by atoms with E-state index in [-0.39, 0.29) is 41.5 Å². The van der Waals surface area contributed by atoms with Crippen molar-refractivity contribution >= 4 is 23.3 Å². The van der Waals surface area contributed by atoms with Crippen molar-refractivity contribution in [3.8, 4) is 17.4 Å². The number of hydrogen-bond donors (Lipinski definition) is 2. The third-order valence-electron chi connectivity index (χ3n) is 7.12. The first-order valence-corrected chi connectivity index (χ1v) is 13.0. The summed E-state index contributed by atoms with van der Waals surface area (Å²) in [4.78, 5) is 34.4. The molecule has 1 fully saturated rings. The number of hydrogen-bond acceptors (Lipinski definition) is 8. The van der Waals surface area contributed by atoms with Gasteiger partial charge in [-0.3, -0.25) is 9.59 Å². The SMILES string of the molecule is COc1cc(C(=O)N[C@H]2CCN(C)CC2F)c(F)cc1Nc1ncc(C(F)(F)F)c(Oc2cccc3c2C(=O)CC3)n1. The molecule has 1 saturated heterocycles. The fraction of sp³-hybridized carbons (Fsp3) is 0.357. The summed E-state index contributed by atoms with van der Waals surface area (Å²) >= 11 is 0. The molecule has 1 aliphatic heterocycles. The van der Waals surface area contributed by atoms with Crippen molar-refractivity contribution in [2.45, 2.75) is 37.7 Å². The maximum atomic E-state index is 15.1. The minimum absolute atomic E-state index is 0.0563. The second kappa shape index (κ2) is 11.5. The molecule has 1 unspecified atom stereocenters. The Bertz CT molecular complexity index is 1530. The van der Waals surface area contributed by atoms with E-state index < -0.39 is 53.1 Å². The quantitative estimate of drug-likeness (QED) is 0.367. The van der Waals surface area contributed by atoms with Crippen molar-refractivity contribution in [2.75, 3.05) is 32.6 Å². The number of aryl methyl sites for hydroxylation is 1. The highest BCUT2D eigenvalue weighted by Crippen LogP contribution is 2.40. The van der Waals surface area contributed by atoms with E-state index in [0.717, 1.165) is 12.1 Å². The summed E-state index contributed by atoms with van der Waals surface area (Å²) in [5, 5.41) is 5.10. The van der Waals surface area contributed by atoms with Gasteiger partial charge in [-0.05, 0) is 37.6 Å². The molecule has 222 valence electrons. The Kier molecular flexibility index (Phi) is 7.99. The van der Waals surface area contributed by atoms with Gasteiger partial charge in [-0.1, -0.05) is 12.1 Å². The molecule has 5 rings (SSSR count). The Labute approximate surface area is 237 Å². The largest absolute Gasteiger partial charge is 0.495 e. The van der Waals surface area contributed by atoms with Crippen LogP contribution in [0, 0.1) is 5.82 Å². The minimum atomic E-state index is -4.89. The second-order valence-corrected chi connectivity index (χ2v) is 10.0. The number of fused-ring (bicyclic) bond motifs is 1. The van der Waals surface area contributed by atoms with Gasteiger partial charge in [-0.25, -0.2) is 13.8 Å². The smallest absolute Gasteiger partial charge is 0.423 e. The number of anilines is 2. The van der Waals surface area contributed by atoms with E-state index in [4.69, 9.17) is 9.47 Å². The maximum absolute atomic E-state index is 15.1. The van der Waals surface area contributed by atoms with Crippen LogP contribution in [0.15, 0.2) is 36.5 Å². The summed E-state index contributed by atoms with van der Waals surface area (Å²) in [6.07, 6.45) is -4.72. The number of ketones is 1. The van der Waals surface area contributed by atoms with E-state index in [1.165, 1.54) is 13.2 Å². The lowest BCUT2D eigenvalue weighted by atomic mass is 10.0. The molecule has 2 N–H and O–H groups in total. The number of Topliss-reactive ketones (excluding diaryl/α,β-unsaturated/α-hetero) is 1. The zero-order valence-corrected chi connectivity index (χ0v) is 22.5. The van der Waals surface area contributed by atoms with E-state index in [0.29, 0.717) is 31.1 Å². The third-order valence-corrected chi connectivity index (χ3v) is 7.12. The standard InChI is InChI=1S/C28H26F5N5O4/c1-38-9-8-19(18(30)13-38)35-25(40)15-10-23(41-2)20(11-17(15)29)36-27-34-12-16(28(31,32)33)26(37-27)42-22-5-3-4-14-6-7-21(39)24(14)22/h3-5,10-12,18-19H,6-9,13H2,1-2H3,(H,35,40)(H,34,36,37)/t18?,19-/m0/s1. The van der Waals surface area contributed by atoms with Crippen LogP contribution >= 0.6 is 0 Å². The number of nitrogens with one attached hydrogen (secondary N) is 2. The average Bonchev–Trinajstić information content (AvgIpc) is 3.31. The average molecular weight is 592 g/mol. The summed E-state index contributed by atoms with van der Waals surface area (Å²) in [6, 6.07) is 5.80. The Morgan fingerprint density at radius 1 is 1.17 bits per heavy atom. The lowest BCUT2D eigenvalue weighted by Crippen LogP contribution is -2.51. The van der Waals surface area contributed by atoms with Crippen LogP contribution in [0.1, 0.15) is 44.7 Å². The van der Waals surface area contributed by atoms with Gasteiger partial charge in [0.15, 0.2) is 5.78 Å². The molecule has 0 bridgehead atoms. The van der Waals surface area contributed by atoms with E-state index in [1.807, 2.05) is 0 Å². The fourth-order valence-electron chi connectivity index (χ4n) is 4.94. The fourth-order valence-corrected chi connectivity index (χ4v) is 4.94. The number of benzene rings is 2. The van der Waals surface area contributed by atoms with Gasteiger partial charge >= 0.3 is 6.18 Å². The molecule has 0 saturated carbocycles. The van der Waals surface area contributed by atoms with E-state index >= 15 is 4.39 Å². The summed E-state index contributed by atoms with van der Waals surface area (Å²) in [5.41, 5.74) is -0.961. The monoisotopic (exact) mass is 591 g/mol. The van der Waals surface area contributed by atoms with E-state index in [9.17, 15) is 27.2 Å². The molecule has 1 amide bonds. The zero-order chi connectivity index (χ0) is 30.2. The van der Waals surface area contributed by atoms with Crippen molar-refractivity contribution < 1.29 is 41.0 Å². The van der Waals surface area contributed by atoms with Gasteiger partial charge < -0.3 is 25.0 Å². The Morgan fingerprint density at radius 2 is 1.95 bits per heavy atom. The van der Waals surface area contributed by atoms with Gasteiger partial charge in [0, 0.05) is 31.8 Å². The third kappa shape index (κ3) is 5.98.